The van der Waals surface area contributed by atoms with E-state index in [1.807, 2.05) is 38.1 Å². The van der Waals surface area contributed by atoms with Gasteiger partial charge >= 0.3 is 0 Å². The Kier molecular flexibility index (Phi) is 6.47. The van der Waals surface area contributed by atoms with Gasteiger partial charge in [0, 0.05) is 11.4 Å². The number of amides is 1. The van der Waals surface area contributed by atoms with Crippen LogP contribution < -0.4 is 30.2 Å². The lowest BCUT2D eigenvalue weighted by Gasteiger charge is -2.31. The van der Waals surface area contributed by atoms with Crippen molar-refractivity contribution in [3.8, 4) is 17.2 Å². The molecule has 0 fully saturated rings. The lowest BCUT2D eigenvalue weighted by Crippen LogP contribution is -2.45. The predicted octanol–water partition coefficient (Wildman–Crippen LogP) is 3.45. The molecule has 0 aliphatic carbocycles. The molecule has 3 N–H and O–H groups in total. The van der Waals surface area contributed by atoms with Gasteiger partial charge in [0.25, 0.3) is 5.91 Å². The second kappa shape index (κ2) is 9.04. The second-order valence-electron chi connectivity index (χ2n) is 6.80. The maximum Gasteiger partial charge on any atom is 0.255 e. The van der Waals surface area contributed by atoms with E-state index in [1.54, 1.807) is 33.5 Å². The Morgan fingerprint density at radius 2 is 1.67 bits per heavy atom. The Hall–Kier alpha value is -3.26. The molecule has 1 aliphatic rings. The number of rotatable bonds is 6. The molecule has 7 nitrogen and oxygen atoms in total. The summed E-state index contributed by atoms with van der Waals surface area (Å²) in [4.78, 5) is 13.3. The molecule has 1 aliphatic heterocycles. The van der Waals surface area contributed by atoms with Crippen LogP contribution in [0.4, 0.5) is 5.69 Å². The molecular weight excluding hydrogens is 402 g/mol. The third-order valence-electron chi connectivity index (χ3n) is 4.93. The zero-order valence-electron chi connectivity index (χ0n) is 17.6. The number of hydrogen-bond donors (Lipinski definition) is 3. The van der Waals surface area contributed by atoms with Gasteiger partial charge in [-0.2, -0.15) is 0 Å². The van der Waals surface area contributed by atoms with Crippen LogP contribution in [0.2, 0.25) is 0 Å². The summed E-state index contributed by atoms with van der Waals surface area (Å²) < 4.78 is 16.4. The number of benzene rings is 2. The van der Waals surface area contributed by atoms with Crippen LogP contribution in [0.3, 0.4) is 0 Å². The van der Waals surface area contributed by atoms with Crippen molar-refractivity contribution in [2.75, 3.05) is 26.6 Å². The molecule has 0 spiro atoms. The Balaban J connectivity index is 2.06. The fraction of sp³-hybridized carbons (Fsp3) is 0.273. The van der Waals surface area contributed by atoms with Crippen LogP contribution in [0, 0.1) is 6.92 Å². The Bertz CT molecular complexity index is 994. The van der Waals surface area contributed by atoms with Crippen molar-refractivity contribution in [2.45, 2.75) is 19.9 Å². The maximum absolute atomic E-state index is 13.3. The first-order valence-corrected chi connectivity index (χ1v) is 9.75. The monoisotopic (exact) mass is 427 g/mol. The van der Waals surface area contributed by atoms with Gasteiger partial charge in [0.15, 0.2) is 16.6 Å². The summed E-state index contributed by atoms with van der Waals surface area (Å²) in [5, 5.41) is 9.65. The summed E-state index contributed by atoms with van der Waals surface area (Å²) >= 11 is 5.35. The highest BCUT2D eigenvalue weighted by molar-refractivity contribution is 7.80. The number of para-hydroxylation sites is 1. The van der Waals surface area contributed by atoms with Crippen molar-refractivity contribution in [2.24, 2.45) is 0 Å². The Labute approximate surface area is 181 Å². The molecule has 1 amide bonds. The van der Waals surface area contributed by atoms with E-state index < -0.39 is 6.04 Å². The first-order valence-electron chi connectivity index (χ1n) is 9.34. The fourth-order valence-corrected chi connectivity index (χ4v) is 3.69. The number of anilines is 1. The van der Waals surface area contributed by atoms with Gasteiger partial charge in [-0.15, -0.1) is 0 Å². The van der Waals surface area contributed by atoms with Gasteiger partial charge in [0.1, 0.15) is 0 Å². The Morgan fingerprint density at radius 3 is 2.23 bits per heavy atom. The highest BCUT2D eigenvalue weighted by Gasteiger charge is 2.31. The molecule has 3 rings (SSSR count). The zero-order valence-corrected chi connectivity index (χ0v) is 18.4. The van der Waals surface area contributed by atoms with Crippen molar-refractivity contribution in [3.63, 3.8) is 0 Å². The lowest BCUT2D eigenvalue weighted by molar-refractivity contribution is -0.113. The molecule has 8 heteroatoms. The van der Waals surface area contributed by atoms with Gasteiger partial charge < -0.3 is 30.2 Å². The summed E-state index contributed by atoms with van der Waals surface area (Å²) in [5.74, 6) is 1.23. The number of carbonyl (C=O) groups is 1. The topological polar surface area (TPSA) is 80.9 Å². The van der Waals surface area contributed by atoms with Crippen molar-refractivity contribution >= 4 is 28.9 Å². The van der Waals surface area contributed by atoms with Gasteiger partial charge in [-0.05, 0) is 55.4 Å². The van der Waals surface area contributed by atoms with Crippen molar-refractivity contribution in [3.05, 3.63) is 58.8 Å². The number of methoxy groups -OCH3 is 3. The summed E-state index contributed by atoms with van der Waals surface area (Å²) in [6, 6.07) is 10.7. The summed E-state index contributed by atoms with van der Waals surface area (Å²) in [5.41, 5.74) is 3.66. The molecule has 1 heterocycles. The largest absolute Gasteiger partial charge is 0.493 e. The number of ether oxygens (including phenoxy) is 3. The minimum Gasteiger partial charge on any atom is -0.493 e. The number of nitrogens with one attached hydrogen (secondary N) is 3. The van der Waals surface area contributed by atoms with E-state index in [1.165, 1.54) is 0 Å². The smallest absolute Gasteiger partial charge is 0.255 e. The molecule has 158 valence electrons. The van der Waals surface area contributed by atoms with Crippen LogP contribution in [-0.2, 0) is 4.79 Å². The number of carbonyl (C=O) groups excluding carboxylic acids is 1. The molecule has 30 heavy (non-hydrogen) atoms. The maximum atomic E-state index is 13.3. The van der Waals surface area contributed by atoms with Crippen LogP contribution >= 0.6 is 12.2 Å². The summed E-state index contributed by atoms with van der Waals surface area (Å²) in [6.45, 7) is 3.77. The second-order valence-corrected chi connectivity index (χ2v) is 7.21. The third-order valence-corrected chi connectivity index (χ3v) is 5.15. The third kappa shape index (κ3) is 4.18. The normalized spacial score (nSPS) is 15.8. The zero-order chi connectivity index (χ0) is 21.8. The van der Waals surface area contributed by atoms with E-state index in [0.29, 0.717) is 33.6 Å². The minimum absolute atomic E-state index is 0.233. The predicted molar refractivity (Wildman–Crippen MR) is 120 cm³/mol. The minimum atomic E-state index is -0.503. The first-order chi connectivity index (χ1) is 14.4. The van der Waals surface area contributed by atoms with E-state index in [0.717, 1.165) is 16.8 Å². The van der Waals surface area contributed by atoms with Crippen molar-refractivity contribution < 1.29 is 19.0 Å². The van der Waals surface area contributed by atoms with Gasteiger partial charge in [-0.3, -0.25) is 4.79 Å². The molecule has 1 atom stereocenters. The lowest BCUT2D eigenvalue weighted by atomic mass is 9.94. The summed E-state index contributed by atoms with van der Waals surface area (Å²) in [7, 11) is 4.64. The summed E-state index contributed by atoms with van der Waals surface area (Å²) in [6.07, 6.45) is 0. The fourth-order valence-electron chi connectivity index (χ4n) is 3.42. The number of thiocarbonyl (C=S) groups is 1. The van der Waals surface area contributed by atoms with Crippen LogP contribution in [0.25, 0.3) is 0 Å². The molecule has 0 unspecified atom stereocenters. The van der Waals surface area contributed by atoms with Crippen LogP contribution in [-0.4, -0.2) is 32.3 Å². The number of hydrogen-bond acceptors (Lipinski definition) is 5. The Morgan fingerprint density at radius 1 is 1.03 bits per heavy atom. The molecule has 0 saturated heterocycles. The van der Waals surface area contributed by atoms with E-state index in [4.69, 9.17) is 26.4 Å². The molecule has 0 aromatic heterocycles. The van der Waals surface area contributed by atoms with Crippen molar-refractivity contribution in [1.29, 1.82) is 0 Å². The average molecular weight is 428 g/mol. The van der Waals surface area contributed by atoms with E-state index in [2.05, 4.69) is 16.0 Å². The highest BCUT2D eigenvalue weighted by Crippen LogP contribution is 2.41. The van der Waals surface area contributed by atoms with E-state index >= 15 is 0 Å². The average Bonchev–Trinajstić information content (AvgIpc) is 2.73. The van der Waals surface area contributed by atoms with Crippen LogP contribution in [0.5, 0.6) is 17.2 Å². The molecule has 0 bridgehead atoms. The SMILES string of the molecule is COc1cc([C@@H]2NC(=S)NC(C)=C2C(=O)Nc2ccccc2C)cc(OC)c1OC. The van der Waals surface area contributed by atoms with Crippen molar-refractivity contribution in [1.82, 2.24) is 10.6 Å². The molecule has 2 aromatic carbocycles. The van der Waals surface area contributed by atoms with Gasteiger partial charge in [0.2, 0.25) is 5.75 Å². The van der Waals surface area contributed by atoms with Crippen LogP contribution in [0.1, 0.15) is 24.1 Å². The highest BCUT2D eigenvalue weighted by atomic mass is 32.1. The number of allylic oxidation sites excluding steroid dienone is 1. The van der Waals surface area contributed by atoms with E-state index in [-0.39, 0.29) is 5.91 Å². The quantitative estimate of drug-likeness (QED) is 0.609. The molecule has 0 radical (unpaired) electrons. The molecular formula is C22H25N3O4S. The number of aryl methyl sites for hydroxylation is 1. The van der Waals surface area contributed by atoms with Crippen LogP contribution in [0.15, 0.2) is 47.7 Å². The van der Waals surface area contributed by atoms with Gasteiger partial charge in [-0.25, -0.2) is 0 Å². The van der Waals surface area contributed by atoms with Gasteiger partial charge in [0.05, 0.1) is 32.9 Å². The van der Waals surface area contributed by atoms with E-state index in [9.17, 15) is 4.79 Å². The van der Waals surface area contributed by atoms with Gasteiger partial charge in [-0.1, -0.05) is 18.2 Å². The molecule has 0 saturated carbocycles. The molecule has 2 aromatic rings. The standard InChI is InChI=1S/C22H25N3O4S/c1-12-8-6-7-9-15(12)24-21(26)18-13(2)23-22(30)25-19(18)14-10-16(27-3)20(29-5)17(11-14)28-4/h6-11,19H,1-5H3,(H,24,26)(H2,23,25,30)/t19-/m0/s1. The first kappa shape index (κ1) is 21.4.